The van der Waals surface area contributed by atoms with Crippen LogP contribution in [0.15, 0.2) is 47.1 Å². The van der Waals surface area contributed by atoms with Gasteiger partial charge < -0.3 is 14.8 Å². The summed E-state index contributed by atoms with van der Waals surface area (Å²) < 4.78 is 5.37. The minimum atomic E-state index is 0.201. The second kappa shape index (κ2) is 5.74. The summed E-state index contributed by atoms with van der Waals surface area (Å²) in [7, 11) is 0. The van der Waals surface area contributed by atoms with Gasteiger partial charge in [0.25, 0.3) is 0 Å². The Morgan fingerprint density at radius 3 is 2.50 bits per heavy atom. The maximum atomic E-state index is 9.23. The van der Waals surface area contributed by atoms with Gasteiger partial charge in [0.2, 0.25) is 0 Å². The highest BCUT2D eigenvalue weighted by atomic mass is 16.3. The lowest BCUT2D eigenvalue weighted by Gasteiger charge is -2.18. The van der Waals surface area contributed by atoms with Crippen LogP contribution in [0.4, 0.5) is 0 Å². The van der Waals surface area contributed by atoms with Gasteiger partial charge in [-0.3, -0.25) is 0 Å². The van der Waals surface area contributed by atoms with Crippen LogP contribution in [0.2, 0.25) is 0 Å². The molecule has 3 heteroatoms. The average molecular weight is 245 g/mol. The number of aromatic hydroxyl groups is 1. The van der Waals surface area contributed by atoms with E-state index in [0.717, 1.165) is 12.2 Å². The molecule has 2 N–H and O–H groups in total. The van der Waals surface area contributed by atoms with Crippen LogP contribution >= 0.6 is 0 Å². The molecule has 0 bridgehead atoms. The summed E-state index contributed by atoms with van der Waals surface area (Å²) in [6, 6.07) is 11.8. The van der Waals surface area contributed by atoms with Crippen molar-refractivity contribution in [3.05, 3.63) is 54.0 Å². The van der Waals surface area contributed by atoms with Crippen LogP contribution < -0.4 is 5.32 Å². The maximum Gasteiger partial charge on any atom is 0.120 e. The highest BCUT2D eigenvalue weighted by Crippen LogP contribution is 2.15. The summed E-state index contributed by atoms with van der Waals surface area (Å²) in [6.45, 7) is 4.23. The number of rotatable bonds is 5. The van der Waals surface area contributed by atoms with Gasteiger partial charge in [-0.1, -0.05) is 12.1 Å². The van der Waals surface area contributed by atoms with Crippen molar-refractivity contribution in [1.29, 1.82) is 0 Å². The summed E-state index contributed by atoms with van der Waals surface area (Å²) in [5.74, 6) is 1.26. The third-order valence-corrected chi connectivity index (χ3v) is 2.98. The van der Waals surface area contributed by atoms with Crippen LogP contribution in [0.5, 0.6) is 5.75 Å². The molecule has 96 valence electrons. The van der Waals surface area contributed by atoms with Crippen molar-refractivity contribution >= 4 is 0 Å². The molecule has 0 aliphatic heterocycles. The molecular weight excluding hydrogens is 226 g/mol. The molecule has 0 saturated heterocycles. The number of nitrogens with one attached hydrogen (secondary N) is 1. The zero-order valence-electron chi connectivity index (χ0n) is 10.8. The van der Waals surface area contributed by atoms with E-state index in [0.29, 0.717) is 11.8 Å². The fraction of sp³-hybridized carbons (Fsp3) is 0.333. The molecule has 0 amide bonds. The number of hydrogen-bond acceptors (Lipinski definition) is 3. The van der Waals surface area contributed by atoms with Crippen molar-refractivity contribution in [2.45, 2.75) is 32.4 Å². The lowest BCUT2D eigenvalue weighted by Crippen LogP contribution is -2.30. The molecule has 1 unspecified atom stereocenters. The lowest BCUT2D eigenvalue weighted by molar-refractivity contribution is 0.397. The molecule has 0 aliphatic rings. The summed E-state index contributed by atoms with van der Waals surface area (Å²) >= 11 is 0. The standard InChI is InChI=1S/C15H19NO2/c1-11(10-13-5-7-14(17)8-6-13)16-12(2)15-4-3-9-18-15/h3-9,11-12,16-17H,10H2,1-2H3/t11?,12-/m0/s1. The molecule has 1 aromatic carbocycles. The molecule has 0 radical (unpaired) electrons. The lowest BCUT2D eigenvalue weighted by atomic mass is 10.1. The van der Waals surface area contributed by atoms with Crippen LogP contribution in [-0.4, -0.2) is 11.1 Å². The van der Waals surface area contributed by atoms with Gasteiger partial charge in [-0.05, 0) is 50.1 Å². The second-order valence-electron chi connectivity index (χ2n) is 4.68. The fourth-order valence-electron chi connectivity index (χ4n) is 2.09. The van der Waals surface area contributed by atoms with Gasteiger partial charge in [0.1, 0.15) is 11.5 Å². The van der Waals surface area contributed by atoms with Gasteiger partial charge in [0.15, 0.2) is 0 Å². The van der Waals surface area contributed by atoms with Gasteiger partial charge in [-0.2, -0.15) is 0 Å². The predicted octanol–water partition coefficient (Wildman–Crippen LogP) is 3.27. The van der Waals surface area contributed by atoms with E-state index in [1.54, 1.807) is 18.4 Å². The smallest absolute Gasteiger partial charge is 0.120 e. The third-order valence-electron chi connectivity index (χ3n) is 2.98. The van der Waals surface area contributed by atoms with Crippen molar-refractivity contribution in [2.75, 3.05) is 0 Å². The minimum absolute atomic E-state index is 0.201. The van der Waals surface area contributed by atoms with Crippen molar-refractivity contribution < 1.29 is 9.52 Å². The van der Waals surface area contributed by atoms with E-state index in [4.69, 9.17) is 4.42 Å². The molecule has 0 saturated carbocycles. The first-order valence-electron chi connectivity index (χ1n) is 6.22. The van der Waals surface area contributed by atoms with Gasteiger partial charge in [0.05, 0.1) is 12.3 Å². The van der Waals surface area contributed by atoms with Crippen LogP contribution in [0, 0.1) is 0 Å². The van der Waals surface area contributed by atoms with E-state index in [2.05, 4.69) is 19.2 Å². The van der Waals surface area contributed by atoms with Crippen molar-refractivity contribution in [3.8, 4) is 5.75 Å². The van der Waals surface area contributed by atoms with Crippen LogP contribution in [0.3, 0.4) is 0 Å². The molecular formula is C15H19NO2. The van der Waals surface area contributed by atoms with Gasteiger partial charge in [-0.15, -0.1) is 0 Å². The average Bonchev–Trinajstić information content (AvgIpc) is 2.85. The van der Waals surface area contributed by atoms with E-state index in [9.17, 15) is 5.11 Å². The maximum absolute atomic E-state index is 9.23. The molecule has 0 fully saturated rings. The molecule has 18 heavy (non-hydrogen) atoms. The zero-order valence-corrected chi connectivity index (χ0v) is 10.8. The Morgan fingerprint density at radius 2 is 1.89 bits per heavy atom. The second-order valence-corrected chi connectivity index (χ2v) is 4.68. The molecule has 0 spiro atoms. The predicted molar refractivity (Wildman–Crippen MR) is 71.5 cm³/mol. The molecule has 1 aromatic heterocycles. The van der Waals surface area contributed by atoms with E-state index in [1.807, 2.05) is 24.3 Å². The molecule has 1 heterocycles. The molecule has 3 nitrogen and oxygen atoms in total. The number of phenolic OH excluding ortho intramolecular Hbond substituents is 1. The van der Waals surface area contributed by atoms with Crippen LogP contribution in [-0.2, 0) is 6.42 Å². The number of benzene rings is 1. The van der Waals surface area contributed by atoms with E-state index >= 15 is 0 Å². The monoisotopic (exact) mass is 245 g/mol. The Bertz CT molecular complexity index is 462. The Morgan fingerprint density at radius 1 is 1.17 bits per heavy atom. The molecule has 2 atom stereocenters. The Hall–Kier alpha value is -1.74. The Kier molecular flexibility index (Phi) is 4.05. The Balaban J connectivity index is 1.88. The molecule has 2 aromatic rings. The number of phenols is 1. The highest BCUT2D eigenvalue weighted by molar-refractivity contribution is 5.26. The van der Waals surface area contributed by atoms with E-state index in [1.165, 1.54) is 5.56 Å². The first kappa shape index (κ1) is 12.7. The minimum Gasteiger partial charge on any atom is -0.508 e. The highest BCUT2D eigenvalue weighted by Gasteiger charge is 2.11. The summed E-state index contributed by atoms with van der Waals surface area (Å²) in [6.07, 6.45) is 2.61. The summed E-state index contributed by atoms with van der Waals surface area (Å²) in [4.78, 5) is 0. The van der Waals surface area contributed by atoms with E-state index in [-0.39, 0.29) is 6.04 Å². The van der Waals surface area contributed by atoms with Crippen LogP contribution in [0.1, 0.15) is 31.2 Å². The van der Waals surface area contributed by atoms with Gasteiger partial charge in [0, 0.05) is 6.04 Å². The first-order valence-corrected chi connectivity index (χ1v) is 6.22. The topological polar surface area (TPSA) is 45.4 Å². The summed E-state index contributed by atoms with van der Waals surface area (Å²) in [5.41, 5.74) is 1.21. The Labute approximate surface area is 107 Å². The van der Waals surface area contributed by atoms with Crippen molar-refractivity contribution in [1.82, 2.24) is 5.32 Å². The number of furan rings is 1. The quantitative estimate of drug-likeness (QED) is 0.849. The van der Waals surface area contributed by atoms with E-state index < -0.39 is 0 Å². The fourth-order valence-corrected chi connectivity index (χ4v) is 2.09. The van der Waals surface area contributed by atoms with Crippen molar-refractivity contribution in [3.63, 3.8) is 0 Å². The molecule has 2 rings (SSSR count). The van der Waals surface area contributed by atoms with Crippen LogP contribution in [0.25, 0.3) is 0 Å². The number of hydrogen-bond donors (Lipinski definition) is 2. The normalized spacial score (nSPS) is 14.3. The zero-order chi connectivity index (χ0) is 13.0. The largest absolute Gasteiger partial charge is 0.508 e. The van der Waals surface area contributed by atoms with Gasteiger partial charge >= 0.3 is 0 Å². The van der Waals surface area contributed by atoms with Gasteiger partial charge in [-0.25, -0.2) is 0 Å². The summed E-state index contributed by atoms with van der Waals surface area (Å²) in [5, 5.41) is 12.7. The third kappa shape index (κ3) is 3.37. The van der Waals surface area contributed by atoms with Crippen molar-refractivity contribution in [2.24, 2.45) is 0 Å². The first-order chi connectivity index (χ1) is 8.65. The SMILES string of the molecule is CC(Cc1ccc(O)cc1)N[C@@H](C)c1ccco1. The molecule has 0 aliphatic carbocycles.